The minimum atomic E-state index is 0. The number of anilines is 1. The molecule has 1 saturated heterocycles. The van der Waals surface area contributed by atoms with Crippen molar-refractivity contribution in [2.24, 2.45) is 0 Å². The van der Waals surface area contributed by atoms with Crippen molar-refractivity contribution < 1.29 is 16.8 Å². The van der Waals surface area contributed by atoms with Crippen LogP contribution in [-0.2, 0) is 6.42 Å². The Bertz CT molecular complexity index is 830. The van der Waals surface area contributed by atoms with E-state index in [9.17, 15) is 0 Å². The zero-order valence-corrected chi connectivity index (χ0v) is 14.3. The van der Waals surface area contributed by atoms with Crippen LogP contribution in [0.5, 0.6) is 0 Å². The smallest absolute Gasteiger partial charge is 0.196 e. The lowest BCUT2D eigenvalue weighted by Crippen LogP contribution is -3.00. The summed E-state index contributed by atoms with van der Waals surface area (Å²) in [5.41, 5.74) is 2.69. The van der Waals surface area contributed by atoms with Crippen LogP contribution in [0.15, 0.2) is 28.7 Å². The molecule has 3 aromatic rings. The van der Waals surface area contributed by atoms with Gasteiger partial charge >= 0.3 is 0 Å². The first kappa shape index (κ1) is 16.1. The maximum absolute atomic E-state index is 6.12. The Kier molecular flexibility index (Phi) is 4.44. The van der Waals surface area contributed by atoms with Crippen LogP contribution < -0.4 is 17.3 Å². The van der Waals surface area contributed by atoms with Crippen molar-refractivity contribution in [3.8, 4) is 0 Å². The van der Waals surface area contributed by atoms with Crippen molar-refractivity contribution in [1.29, 1.82) is 0 Å². The van der Waals surface area contributed by atoms with Gasteiger partial charge in [-0.25, -0.2) is 9.97 Å². The van der Waals surface area contributed by atoms with E-state index in [1.807, 2.05) is 18.2 Å². The van der Waals surface area contributed by atoms with Gasteiger partial charge in [0.25, 0.3) is 0 Å². The van der Waals surface area contributed by atoms with E-state index >= 15 is 0 Å². The van der Waals surface area contributed by atoms with Crippen molar-refractivity contribution in [3.05, 3.63) is 30.1 Å². The Morgan fingerprint density at radius 3 is 2.83 bits per heavy atom. The van der Waals surface area contributed by atoms with E-state index in [-0.39, 0.29) is 12.4 Å². The summed E-state index contributed by atoms with van der Waals surface area (Å²) in [5, 5.41) is 1.08. The second-order valence-corrected chi connectivity index (χ2v) is 6.13. The van der Waals surface area contributed by atoms with Crippen LogP contribution in [0.2, 0.25) is 0 Å². The lowest BCUT2D eigenvalue weighted by molar-refractivity contribution is -0.00000514. The first-order valence-corrected chi connectivity index (χ1v) is 8.22. The second kappa shape index (κ2) is 6.36. The van der Waals surface area contributed by atoms with Gasteiger partial charge in [-0.3, -0.25) is 0 Å². The minimum absolute atomic E-state index is 0. The van der Waals surface area contributed by atoms with Crippen LogP contribution in [0.4, 0.5) is 5.82 Å². The first-order valence-electron chi connectivity index (χ1n) is 8.22. The summed E-state index contributed by atoms with van der Waals surface area (Å²) in [6.45, 7) is 5.43. The summed E-state index contributed by atoms with van der Waals surface area (Å²) in [7, 11) is 0. The van der Waals surface area contributed by atoms with Gasteiger partial charge in [-0.05, 0) is 38.3 Å². The third-order valence-corrected chi connectivity index (χ3v) is 4.64. The Hall–Kier alpha value is -1.81. The number of furan rings is 1. The molecule has 0 amide bonds. The summed E-state index contributed by atoms with van der Waals surface area (Å²) in [6, 6.07) is 8.63. The lowest BCUT2D eigenvalue weighted by Gasteiger charge is -2.34. The predicted octanol–water partition coefficient (Wildman–Crippen LogP) is 1.32. The largest absolute Gasteiger partial charge is 1.00 e. The molecule has 0 N–H and O–H groups in total. The van der Waals surface area contributed by atoms with Crippen molar-refractivity contribution in [2.75, 3.05) is 11.4 Å². The molecule has 1 atom stereocenters. The topological polar surface area (TPSA) is 42.2 Å². The highest BCUT2D eigenvalue weighted by molar-refractivity contribution is 6.05. The molecule has 0 spiro atoms. The number of fused-ring (bicyclic) bond motifs is 3. The third-order valence-electron chi connectivity index (χ3n) is 4.64. The van der Waals surface area contributed by atoms with Gasteiger partial charge in [0.2, 0.25) is 0 Å². The molecule has 23 heavy (non-hydrogen) atoms. The Balaban J connectivity index is 0.00000156. The van der Waals surface area contributed by atoms with E-state index in [1.54, 1.807) is 0 Å². The Morgan fingerprint density at radius 1 is 1.22 bits per heavy atom. The molecule has 0 radical (unpaired) electrons. The number of hydrogen-bond donors (Lipinski definition) is 0. The first-order chi connectivity index (χ1) is 10.8. The molecular weight excluding hydrogens is 310 g/mol. The normalized spacial score (nSPS) is 18.3. The Labute approximate surface area is 142 Å². The predicted molar refractivity (Wildman–Crippen MR) is 89.3 cm³/mol. The van der Waals surface area contributed by atoms with E-state index in [0.29, 0.717) is 6.04 Å². The van der Waals surface area contributed by atoms with Gasteiger partial charge in [-0.1, -0.05) is 19.1 Å². The molecule has 0 bridgehead atoms. The molecule has 1 fully saturated rings. The maximum Gasteiger partial charge on any atom is 0.196 e. The molecule has 2 aromatic heterocycles. The molecule has 1 aliphatic rings. The van der Waals surface area contributed by atoms with E-state index < -0.39 is 0 Å². The van der Waals surface area contributed by atoms with Gasteiger partial charge in [0.05, 0.1) is 0 Å². The molecular formula is C18H21ClN3O-. The zero-order valence-electron chi connectivity index (χ0n) is 13.6. The van der Waals surface area contributed by atoms with Gasteiger partial charge in [-0.15, -0.1) is 0 Å². The number of aryl methyl sites for hydroxylation is 1. The molecule has 3 heterocycles. The van der Waals surface area contributed by atoms with E-state index in [2.05, 4.69) is 24.8 Å². The van der Waals surface area contributed by atoms with Crippen molar-refractivity contribution in [2.45, 2.75) is 45.6 Å². The second-order valence-electron chi connectivity index (χ2n) is 6.13. The SMILES string of the molecule is CCc1nc(N2CCCCC2C)c2oc3ccccc3c2n1.[Cl-]. The highest BCUT2D eigenvalue weighted by Crippen LogP contribution is 2.35. The molecule has 4 rings (SSSR count). The van der Waals surface area contributed by atoms with E-state index in [4.69, 9.17) is 14.4 Å². The number of benzene rings is 1. The van der Waals surface area contributed by atoms with Crippen LogP contribution in [0.1, 0.15) is 38.9 Å². The highest BCUT2D eigenvalue weighted by atomic mass is 35.5. The lowest BCUT2D eigenvalue weighted by atomic mass is 10.0. The molecule has 1 unspecified atom stereocenters. The minimum Gasteiger partial charge on any atom is -1.00 e. The summed E-state index contributed by atoms with van der Waals surface area (Å²) < 4.78 is 6.12. The summed E-state index contributed by atoms with van der Waals surface area (Å²) >= 11 is 0. The fraction of sp³-hybridized carbons (Fsp3) is 0.444. The summed E-state index contributed by atoms with van der Waals surface area (Å²) in [6.07, 6.45) is 4.57. The van der Waals surface area contributed by atoms with Crippen LogP contribution in [-0.4, -0.2) is 22.6 Å². The number of nitrogens with zero attached hydrogens (tertiary/aromatic N) is 3. The standard InChI is InChI=1S/C18H21N3O.ClH/c1-3-15-19-16-13-9-4-5-10-14(13)22-17(16)18(20-15)21-11-7-6-8-12(21)2;/h4-5,9-10,12H,3,6-8,11H2,1-2H3;1H/p-1. The fourth-order valence-corrected chi connectivity index (χ4v) is 3.39. The third kappa shape index (κ3) is 2.65. The van der Waals surface area contributed by atoms with Gasteiger partial charge in [0, 0.05) is 24.4 Å². The van der Waals surface area contributed by atoms with E-state index in [1.165, 1.54) is 19.3 Å². The summed E-state index contributed by atoms with van der Waals surface area (Å²) in [4.78, 5) is 11.9. The Morgan fingerprint density at radius 2 is 2.04 bits per heavy atom. The maximum atomic E-state index is 6.12. The average molecular weight is 331 g/mol. The van der Waals surface area contributed by atoms with Crippen LogP contribution in [0.3, 0.4) is 0 Å². The fourth-order valence-electron chi connectivity index (χ4n) is 3.39. The van der Waals surface area contributed by atoms with Crippen LogP contribution >= 0.6 is 0 Å². The van der Waals surface area contributed by atoms with Crippen molar-refractivity contribution in [1.82, 2.24) is 9.97 Å². The highest BCUT2D eigenvalue weighted by Gasteiger charge is 2.25. The molecule has 0 saturated carbocycles. The van der Waals surface area contributed by atoms with Gasteiger partial charge in [0.1, 0.15) is 16.9 Å². The molecule has 1 aliphatic heterocycles. The molecule has 122 valence electrons. The van der Waals surface area contributed by atoms with Crippen LogP contribution in [0, 0.1) is 0 Å². The van der Waals surface area contributed by atoms with Gasteiger partial charge in [-0.2, -0.15) is 0 Å². The number of rotatable bonds is 2. The van der Waals surface area contributed by atoms with Gasteiger partial charge < -0.3 is 21.7 Å². The number of hydrogen-bond acceptors (Lipinski definition) is 4. The van der Waals surface area contributed by atoms with Crippen molar-refractivity contribution >= 4 is 27.9 Å². The van der Waals surface area contributed by atoms with Gasteiger partial charge in [0.15, 0.2) is 11.4 Å². The molecule has 0 aliphatic carbocycles. The number of piperidine rings is 1. The zero-order chi connectivity index (χ0) is 15.1. The summed E-state index contributed by atoms with van der Waals surface area (Å²) in [5.74, 6) is 1.87. The monoisotopic (exact) mass is 330 g/mol. The quantitative estimate of drug-likeness (QED) is 0.711. The molecule has 5 heteroatoms. The molecule has 4 nitrogen and oxygen atoms in total. The number of halogens is 1. The number of aromatic nitrogens is 2. The van der Waals surface area contributed by atoms with Crippen LogP contribution in [0.25, 0.3) is 22.1 Å². The number of para-hydroxylation sites is 1. The average Bonchev–Trinajstić information content (AvgIpc) is 2.93. The molecule has 1 aromatic carbocycles. The van der Waals surface area contributed by atoms with Crippen molar-refractivity contribution in [3.63, 3.8) is 0 Å². The van der Waals surface area contributed by atoms with E-state index in [0.717, 1.165) is 46.7 Å².